The SMILES string of the molecule is CC(C)c1nc(-c2ccc(F)cc2)c(-c2cccc(CN(C)C(=O)OC(C)(C)C)c2)n1COCC[Si](C)(C)C. The average molecular weight is 554 g/mol. The predicted molar refractivity (Wildman–Crippen MR) is 159 cm³/mol. The molecule has 0 aliphatic heterocycles. The summed E-state index contributed by atoms with van der Waals surface area (Å²) in [7, 11) is 0.498. The molecule has 0 saturated carbocycles. The van der Waals surface area contributed by atoms with Crippen LogP contribution in [-0.4, -0.2) is 47.9 Å². The van der Waals surface area contributed by atoms with Gasteiger partial charge >= 0.3 is 6.09 Å². The first-order valence-electron chi connectivity index (χ1n) is 13.6. The number of rotatable bonds is 10. The highest BCUT2D eigenvalue weighted by atomic mass is 28.3. The van der Waals surface area contributed by atoms with Crippen LogP contribution < -0.4 is 0 Å². The summed E-state index contributed by atoms with van der Waals surface area (Å²) in [5.74, 6) is 0.777. The van der Waals surface area contributed by atoms with Gasteiger partial charge in [-0.2, -0.15) is 0 Å². The Morgan fingerprint density at radius 1 is 1.08 bits per heavy atom. The molecule has 6 nitrogen and oxygen atoms in total. The minimum absolute atomic E-state index is 0.153. The lowest BCUT2D eigenvalue weighted by Gasteiger charge is -2.25. The second-order valence-electron chi connectivity index (χ2n) is 12.6. The molecule has 2 aromatic carbocycles. The molecule has 0 spiro atoms. The third-order valence-corrected chi connectivity index (χ3v) is 7.88. The Bertz CT molecular complexity index is 1260. The minimum atomic E-state index is -1.24. The fraction of sp³-hybridized carbons (Fsp3) is 0.484. The van der Waals surface area contributed by atoms with E-state index in [9.17, 15) is 9.18 Å². The topological polar surface area (TPSA) is 56.6 Å². The lowest BCUT2D eigenvalue weighted by molar-refractivity contribution is 0.0285. The molecule has 0 unspecified atom stereocenters. The van der Waals surface area contributed by atoms with Crippen LogP contribution in [0.3, 0.4) is 0 Å². The normalized spacial score (nSPS) is 12.2. The quantitative estimate of drug-likeness (QED) is 0.188. The van der Waals surface area contributed by atoms with Gasteiger partial charge in [0.25, 0.3) is 0 Å². The van der Waals surface area contributed by atoms with E-state index in [-0.39, 0.29) is 17.8 Å². The van der Waals surface area contributed by atoms with Crippen molar-refractivity contribution in [3.63, 3.8) is 0 Å². The minimum Gasteiger partial charge on any atom is -0.444 e. The van der Waals surface area contributed by atoms with Crippen LogP contribution in [0.1, 0.15) is 51.9 Å². The first-order chi connectivity index (χ1) is 18.1. The number of aromatic nitrogens is 2. The van der Waals surface area contributed by atoms with Crippen molar-refractivity contribution in [1.29, 1.82) is 0 Å². The molecule has 1 amide bonds. The second kappa shape index (κ2) is 12.5. The maximum atomic E-state index is 13.8. The molecule has 0 saturated heterocycles. The van der Waals surface area contributed by atoms with Gasteiger partial charge in [-0.15, -0.1) is 0 Å². The van der Waals surface area contributed by atoms with Crippen LogP contribution in [0, 0.1) is 5.82 Å². The van der Waals surface area contributed by atoms with Crippen molar-refractivity contribution in [3.05, 3.63) is 65.7 Å². The predicted octanol–water partition coefficient (Wildman–Crippen LogP) is 8.16. The molecule has 0 bridgehead atoms. The summed E-state index contributed by atoms with van der Waals surface area (Å²) in [6.07, 6.45) is -0.372. The van der Waals surface area contributed by atoms with E-state index >= 15 is 0 Å². The summed E-state index contributed by atoms with van der Waals surface area (Å²) >= 11 is 0. The van der Waals surface area contributed by atoms with Crippen molar-refractivity contribution in [3.8, 4) is 22.5 Å². The third-order valence-electron chi connectivity index (χ3n) is 6.17. The Kier molecular flexibility index (Phi) is 9.77. The summed E-state index contributed by atoms with van der Waals surface area (Å²) < 4.78 is 27.7. The van der Waals surface area contributed by atoms with Gasteiger partial charge < -0.3 is 18.9 Å². The summed E-state index contributed by atoms with van der Waals surface area (Å²) in [6, 6.07) is 15.6. The van der Waals surface area contributed by atoms with Crippen LogP contribution in [0.25, 0.3) is 22.5 Å². The van der Waals surface area contributed by atoms with Crippen molar-refractivity contribution in [2.45, 2.75) is 85.1 Å². The first-order valence-corrected chi connectivity index (χ1v) is 17.3. The van der Waals surface area contributed by atoms with Gasteiger partial charge in [-0.25, -0.2) is 14.2 Å². The van der Waals surface area contributed by atoms with Gasteiger partial charge in [-0.3, -0.25) is 0 Å². The molecule has 0 radical (unpaired) electrons. The van der Waals surface area contributed by atoms with Gasteiger partial charge in [0.05, 0.1) is 11.4 Å². The number of nitrogens with zero attached hydrogens (tertiary/aromatic N) is 3. The van der Waals surface area contributed by atoms with E-state index in [1.165, 1.54) is 12.1 Å². The largest absolute Gasteiger partial charge is 0.444 e. The lowest BCUT2D eigenvalue weighted by atomic mass is 10.0. The smallest absolute Gasteiger partial charge is 0.410 e. The number of carbonyl (C=O) groups is 1. The molecule has 3 aromatic rings. The highest BCUT2D eigenvalue weighted by molar-refractivity contribution is 6.76. The van der Waals surface area contributed by atoms with Crippen LogP contribution in [-0.2, 0) is 22.7 Å². The summed E-state index contributed by atoms with van der Waals surface area (Å²) in [4.78, 5) is 19.2. The van der Waals surface area contributed by atoms with E-state index in [2.05, 4.69) is 44.1 Å². The monoisotopic (exact) mass is 553 g/mol. The molecule has 8 heteroatoms. The standard InChI is InChI=1S/C31H44FN3O3Si/c1-22(2)29-33-27(24-13-15-26(32)16-14-24)28(35(29)21-37-17-18-39(7,8)9)25-12-10-11-23(19-25)20-34(6)30(36)38-31(3,4)5/h10-16,19,22H,17-18,20-21H2,1-9H3. The number of carbonyl (C=O) groups excluding carboxylic acids is 1. The lowest BCUT2D eigenvalue weighted by Crippen LogP contribution is -2.33. The summed E-state index contributed by atoms with van der Waals surface area (Å²) in [5.41, 5.74) is 3.89. The van der Waals surface area contributed by atoms with E-state index in [4.69, 9.17) is 14.5 Å². The summed E-state index contributed by atoms with van der Waals surface area (Å²) in [6.45, 7) is 18.3. The first kappa shape index (κ1) is 30.6. The maximum Gasteiger partial charge on any atom is 0.410 e. The van der Waals surface area contributed by atoms with Crippen molar-refractivity contribution >= 4 is 14.2 Å². The van der Waals surface area contributed by atoms with Crippen LogP contribution >= 0.6 is 0 Å². The molecule has 0 fully saturated rings. The van der Waals surface area contributed by atoms with Gasteiger partial charge in [0.15, 0.2) is 0 Å². The number of benzene rings is 2. The number of ether oxygens (including phenoxy) is 2. The van der Waals surface area contributed by atoms with Gasteiger partial charge in [0.2, 0.25) is 0 Å². The highest BCUT2D eigenvalue weighted by Crippen LogP contribution is 2.36. The molecule has 1 aromatic heterocycles. The van der Waals surface area contributed by atoms with E-state index in [0.717, 1.165) is 39.9 Å². The van der Waals surface area contributed by atoms with Crippen molar-refractivity contribution < 1.29 is 18.7 Å². The van der Waals surface area contributed by atoms with Crippen LogP contribution in [0.4, 0.5) is 9.18 Å². The maximum absolute atomic E-state index is 13.8. The molecular weight excluding hydrogens is 509 g/mol. The molecule has 0 atom stereocenters. The molecule has 1 heterocycles. The zero-order valence-corrected chi connectivity index (χ0v) is 26.0. The molecule has 39 heavy (non-hydrogen) atoms. The Labute approximate surface area is 234 Å². The van der Waals surface area contributed by atoms with Crippen LogP contribution in [0.15, 0.2) is 48.5 Å². The fourth-order valence-electron chi connectivity index (χ4n) is 4.17. The van der Waals surface area contributed by atoms with E-state index < -0.39 is 13.7 Å². The second-order valence-corrected chi connectivity index (χ2v) is 18.3. The van der Waals surface area contributed by atoms with Crippen molar-refractivity contribution in [2.24, 2.45) is 0 Å². The Morgan fingerprint density at radius 3 is 2.33 bits per heavy atom. The van der Waals surface area contributed by atoms with Gasteiger partial charge in [0, 0.05) is 45.3 Å². The molecule has 0 aliphatic carbocycles. The zero-order chi connectivity index (χ0) is 29.0. The molecular formula is C31H44FN3O3Si. The van der Waals surface area contributed by atoms with E-state index in [1.54, 1.807) is 24.1 Å². The van der Waals surface area contributed by atoms with Gasteiger partial charge in [-0.1, -0.05) is 51.7 Å². The fourth-order valence-corrected chi connectivity index (χ4v) is 4.93. The Hall–Kier alpha value is -2.97. The number of amides is 1. The zero-order valence-electron chi connectivity index (χ0n) is 25.0. The van der Waals surface area contributed by atoms with Gasteiger partial charge in [-0.05, 0) is 62.7 Å². The van der Waals surface area contributed by atoms with E-state index in [0.29, 0.717) is 19.9 Å². The molecule has 3 rings (SSSR count). The van der Waals surface area contributed by atoms with Crippen LogP contribution in [0.2, 0.25) is 25.7 Å². The number of halogens is 1. The van der Waals surface area contributed by atoms with Gasteiger partial charge in [0.1, 0.15) is 24.0 Å². The number of hydrogen-bond acceptors (Lipinski definition) is 4. The molecule has 212 valence electrons. The molecule has 0 aliphatic rings. The number of hydrogen-bond donors (Lipinski definition) is 0. The Balaban J connectivity index is 2.04. The third kappa shape index (κ3) is 8.76. The Morgan fingerprint density at radius 2 is 1.74 bits per heavy atom. The van der Waals surface area contributed by atoms with E-state index in [1.807, 2.05) is 39.0 Å². The highest BCUT2D eigenvalue weighted by Gasteiger charge is 2.24. The molecule has 0 N–H and O–H groups in total. The summed E-state index contributed by atoms with van der Waals surface area (Å²) in [5, 5.41) is 0. The number of imidazole rings is 1. The average Bonchev–Trinajstić information content (AvgIpc) is 3.20. The van der Waals surface area contributed by atoms with Crippen molar-refractivity contribution in [1.82, 2.24) is 14.5 Å². The van der Waals surface area contributed by atoms with Crippen molar-refractivity contribution in [2.75, 3.05) is 13.7 Å². The van der Waals surface area contributed by atoms with Crippen LogP contribution in [0.5, 0.6) is 0 Å².